The van der Waals surface area contributed by atoms with E-state index < -0.39 is 0 Å². The van der Waals surface area contributed by atoms with E-state index in [0.717, 1.165) is 10.7 Å². The van der Waals surface area contributed by atoms with E-state index in [1.165, 1.54) is 11.1 Å². The Morgan fingerprint density at radius 1 is 1.25 bits per heavy atom. The third kappa shape index (κ3) is 1.39. The molecule has 1 aromatic carbocycles. The van der Waals surface area contributed by atoms with Gasteiger partial charge in [0.25, 0.3) is 0 Å². The van der Waals surface area contributed by atoms with Crippen molar-refractivity contribution < 1.29 is 0 Å². The summed E-state index contributed by atoms with van der Waals surface area (Å²) in [5.74, 6) is 0.570. The van der Waals surface area contributed by atoms with Crippen molar-refractivity contribution in [3.63, 3.8) is 0 Å². The second-order valence-electron chi connectivity index (χ2n) is 3.81. The predicted octanol–water partition coefficient (Wildman–Crippen LogP) is 2.95. The molecule has 0 aliphatic heterocycles. The number of nitrogens with two attached hydrogens (primary N) is 1. The summed E-state index contributed by atoms with van der Waals surface area (Å²) in [5, 5.41) is 2.10. The van der Waals surface area contributed by atoms with Gasteiger partial charge in [-0.25, -0.2) is 4.98 Å². The van der Waals surface area contributed by atoms with Gasteiger partial charge < -0.3 is 5.73 Å². The largest absolute Gasteiger partial charge is 0.382 e. The molecule has 0 spiro atoms. The highest BCUT2D eigenvalue weighted by molar-refractivity contribution is 7.15. The Morgan fingerprint density at radius 2 is 2.00 bits per heavy atom. The molecule has 0 unspecified atom stereocenters. The van der Waals surface area contributed by atoms with Gasteiger partial charge in [-0.3, -0.25) is 4.40 Å². The molecule has 3 rings (SSSR count). The first-order valence-corrected chi connectivity index (χ1v) is 5.91. The van der Waals surface area contributed by atoms with E-state index in [1.54, 1.807) is 11.3 Å². The highest BCUT2D eigenvalue weighted by Crippen LogP contribution is 2.26. The zero-order valence-corrected chi connectivity index (χ0v) is 9.66. The van der Waals surface area contributed by atoms with Crippen LogP contribution in [0.25, 0.3) is 16.2 Å². The summed E-state index contributed by atoms with van der Waals surface area (Å²) in [6.07, 6.45) is 1.86. The molecule has 0 fully saturated rings. The highest BCUT2D eigenvalue weighted by Gasteiger charge is 2.07. The standard InChI is InChI=1S/C12H11N3S/c1-8-2-4-9(5-3-8)10-7-16-12-14-11(13)6-15(10)12/h2-7H,13H2,1H3. The van der Waals surface area contributed by atoms with Crippen LogP contribution in [0.5, 0.6) is 0 Å². The molecule has 0 radical (unpaired) electrons. The number of thiazole rings is 1. The fourth-order valence-electron chi connectivity index (χ4n) is 1.73. The molecule has 0 amide bonds. The second kappa shape index (κ2) is 3.35. The first kappa shape index (κ1) is 9.42. The third-order valence-electron chi connectivity index (χ3n) is 2.58. The van der Waals surface area contributed by atoms with Crippen LogP contribution in [0.1, 0.15) is 5.56 Å². The first-order chi connectivity index (χ1) is 7.74. The number of nitrogens with zero attached hydrogens (tertiary/aromatic N) is 2. The van der Waals surface area contributed by atoms with Crippen molar-refractivity contribution in [2.24, 2.45) is 0 Å². The van der Waals surface area contributed by atoms with Gasteiger partial charge in [-0.2, -0.15) is 0 Å². The topological polar surface area (TPSA) is 43.3 Å². The zero-order valence-electron chi connectivity index (χ0n) is 8.84. The Morgan fingerprint density at radius 3 is 2.75 bits per heavy atom. The Hall–Kier alpha value is -1.81. The molecule has 2 N–H and O–H groups in total. The van der Waals surface area contributed by atoms with Gasteiger partial charge in [-0.15, -0.1) is 11.3 Å². The van der Waals surface area contributed by atoms with E-state index in [-0.39, 0.29) is 0 Å². The average molecular weight is 229 g/mol. The van der Waals surface area contributed by atoms with Gasteiger partial charge in [0.15, 0.2) is 4.96 Å². The lowest BCUT2D eigenvalue weighted by atomic mass is 10.1. The van der Waals surface area contributed by atoms with E-state index >= 15 is 0 Å². The van der Waals surface area contributed by atoms with Gasteiger partial charge in [-0.05, 0) is 12.5 Å². The van der Waals surface area contributed by atoms with E-state index in [1.807, 2.05) is 10.6 Å². The second-order valence-corrected chi connectivity index (χ2v) is 4.64. The summed E-state index contributed by atoms with van der Waals surface area (Å²) in [5.41, 5.74) is 9.28. The molecule has 0 saturated heterocycles. The van der Waals surface area contributed by atoms with Gasteiger partial charge in [0.2, 0.25) is 0 Å². The normalized spacial score (nSPS) is 11.1. The SMILES string of the molecule is Cc1ccc(-c2csc3nc(N)cn23)cc1. The van der Waals surface area contributed by atoms with E-state index in [9.17, 15) is 0 Å². The van der Waals surface area contributed by atoms with Crippen LogP contribution < -0.4 is 5.73 Å². The number of aromatic nitrogens is 2. The molecular weight excluding hydrogens is 218 g/mol. The Balaban J connectivity index is 2.21. The minimum Gasteiger partial charge on any atom is -0.382 e. The summed E-state index contributed by atoms with van der Waals surface area (Å²) in [7, 11) is 0. The molecule has 2 heterocycles. The van der Waals surface area contributed by atoms with Crippen LogP contribution in [0, 0.1) is 6.92 Å². The molecule has 4 heteroatoms. The van der Waals surface area contributed by atoms with Crippen LogP contribution in [0.4, 0.5) is 5.82 Å². The molecular formula is C12H11N3S. The number of imidazole rings is 1. The van der Waals surface area contributed by atoms with Crippen LogP contribution in [0.3, 0.4) is 0 Å². The quantitative estimate of drug-likeness (QED) is 0.697. The molecule has 0 aliphatic carbocycles. The number of fused-ring (bicyclic) bond motifs is 1. The van der Waals surface area contributed by atoms with Gasteiger partial charge in [-0.1, -0.05) is 29.8 Å². The van der Waals surface area contributed by atoms with Crippen LogP contribution in [0.2, 0.25) is 0 Å². The lowest BCUT2D eigenvalue weighted by Crippen LogP contribution is -1.84. The smallest absolute Gasteiger partial charge is 0.196 e. The number of anilines is 1. The van der Waals surface area contributed by atoms with Crippen molar-refractivity contribution in [1.29, 1.82) is 0 Å². The minimum atomic E-state index is 0.570. The molecule has 2 aromatic heterocycles. The van der Waals surface area contributed by atoms with Crippen molar-refractivity contribution in [3.05, 3.63) is 41.4 Å². The lowest BCUT2D eigenvalue weighted by Gasteiger charge is -1.99. The zero-order chi connectivity index (χ0) is 11.1. The summed E-state index contributed by atoms with van der Waals surface area (Å²) in [6, 6.07) is 8.46. The van der Waals surface area contributed by atoms with Gasteiger partial charge in [0, 0.05) is 5.38 Å². The maximum Gasteiger partial charge on any atom is 0.196 e. The van der Waals surface area contributed by atoms with Crippen LogP contribution in [-0.2, 0) is 0 Å². The first-order valence-electron chi connectivity index (χ1n) is 5.03. The Bertz CT molecular complexity index is 634. The van der Waals surface area contributed by atoms with Crippen LogP contribution >= 0.6 is 11.3 Å². The van der Waals surface area contributed by atoms with Crippen molar-refractivity contribution in [3.8, 4) is 11.3 Å². The van der Waals surface area contributed by atoms with Gasteiger partial charge >= 0.3 is 0 Å². The van der Waals surface area contributed by atoms with Gasteiger partial charge in [0.1, 0.15) is 5.82 Å². The molecule has 80 valence electrons. The van der Waals surface area contributed by atoms with Crippen LogP contribution in [0.15, 0.2) is 35.8 Å². The van der Waals surface area contributed by atoms with E-state index in [2.05, 4.69) is 41.6 Å². The molecule has 0 bridgehead atoms. The number of benzene rings is 1. The third-order valence-corrected chi connectivity index (χ3v) is 3.41. The number of aryl methyl sites for hydroxylation is 1. The van der Waals surface area contributed by atoms with E-state index in [0.29, 0.717) is 5.82 Å². The fraction of sp³-hybridized carbons (Fsp3) is 0.0833. The number of rotatable bonds is 1. The summed E-state index contributed by atoms with van der Waals surface area (Å²) >= 11 is 1.61. The highest BCUT2D eigenvalue weighted by atomic mass is 32.1. The van der Waals surface area contributed by atoms with E-state index in [4.69, 9.17) is 5.73 Å². The molecule has 3 nitrogen and oxygen atoms in total. The number of hydrogen-bond donors (Lipinski definition) is 1. The number of hydrogen-bond acceptors (Lipinski definition) is 3. The van der Waals surface area contributed by atoms with Crippen molar-refractivity contribution in [2.45, 2.75) is 6.92 Å². The maximum absolute atomic E-state index is 5.68. The van der Waals surface area contributed by atoms with Crippen molar-refractivity contribution >= 4 is 22.1 Å². The van der Waals surface area contributed by atoms with Crippen molar-refractivity contribution in [2.75, 3.05) is 5.73 Å². The van der Waals surface area contributed by atoms with Gasteiger partial charge in [0.05, 0.1) is 11.9 Å². The minimum absolute atomic E-state index is 0.570. The summed E-state index contributed by atoms with van der Waals surface area (Å²) in [6.45, 7) is 2.09. The maximum atomic E-state index is 5.68. The predicted molar refractivity (Wildman–Crippen MR) is 67.7 cm³/mol. The monoisotopic (exact) mass is 229 g/mol. The average Bonchev–Trinajstić information content (AvgIpc) is 2.78. The summed E-state index contributed by atoms with van der Waals surface area (Å²) in [4.78, 5) is 5.17. The molecule has 0 aliphatic rings. The Labute approximate surface area is 97.2 Å². The fourth-order valence-corrected chi connectivity index (χ4v) is 2.62. The molecule has 3 aromatic rings. The molecule has 0 atom stereocenters. The number of nitrogen functional groups attached to an aromatic ring is 1. The Kier molecular flexibility index (Phi) is 1.97. The lowest BCUT2D eigenvalue weighted by molar-refractivity contribution is 1.23. The molecule has 0 saturated carbocycles. The summed E-state index contributed by atoms with van der Waals surface area (Å²) < 4.78 is 2.03. The van der Waals surface area contributed by atoms with Crippen molar-refractivity contribution in [1.82, 2.24) is 9.38 Å². The van der Waals surface area contributed by atoms with Crippen LogP contribution in [-0.4, -0.2) is 9.38 Å². The molecule has 16 heavy (non-hydrogen) atoms.